The number of halogens is 1. The fourth-order valence-electron chi connectivity index (χ4n) is 3.46. The van der Waals surface area contributed by atoms with Crippen molar-refractivity contribution in [1.29, 1.82) is 0 Å². The number of hydrogen-bond acceptors (Lipinski definition) is 4. The Balaban J connectivity index is 1.85. The van der Waals surface area contributed by atoms with E-state index >= 15 is 0 Å². The van der Waals surface area contributed by atoms with Crippen LogP contribution in [0.5, 0.6) is 0 Å². The Hall–Kier alpha value is -2.84. The molecule has 1 heterocycles. The summed E-state index contributed by atoms with van der Waals surface area (Å²) in [7, 11) is -3.73. The first-order chi connectivity index (χ1) is 14.6. The molecule has 1 N–H and O–H groups in total. The molecule has 1 atom stereocenters. The molecule has 0 fully saturated rings. The lowest BCUT2D eigenvalue weighted by Crippen LogP contribution is -2.48. The number of nitrogens with one attached hydrogen (secondary N) is 1. The van der Waals surface area contributed by atoms with E-state index in [9.17, 15) is 13.2 Å². The highest BCUT2D eigenvalue weighted by atomic mass is 35.5. The van der Waals surface area contributed by atoms with E-state index in [2.05, 4.69) is 10.3 Å². The van der Waals surface area contributed by atoms with E-state index in [1.54, 1.807) is 38.2 Å². The molecule has 1 amide bonds. The van der Waals surface area contributed by atoms with Crippen LogP contribution in [0.15, 0.2) is 54.9 Å². The maximum absolute atomic E-state index is 13.0. The number of hydrogen-bond donors (Lipinski definition) is 1. The Morgan fingerprint density at radius 1 is 1.23 bits per heavy atom. The molecule has 1 aromatic heterocycles. The normalized spacial score (nSPS) is 12.4. The molecule has 0 aliphatic heterocycles. The van der Waals surface area contributed by atoms with Crippen molar-refractivity contribution in [3.8, 4) is 5.69 Å². The van der Waals surface area contributed by atoms with Gasteiger partial charge in [-0.05, 0) is 50.1 Å². The molecule has 1 unspecified atom stereocenters. The molecule has 9 heteroatoms. The van der Waals surface area contributed by atoms with Crippen LogP contribution in [0.4, 0.5) is 5.69 Å². The number of para-hydroxylation sites is 1. The van der Waals surface area contributed by atoms with Gasteiger partial charge in [0.05, 0.1) is 17.6 Å². The second-order valence-electron chi connectivity index (χ2n) is 7.36. The van der Waals surface area contributed by atoms with Gasteiger partial charge in [0.25, 0.3) is 0 Å². The molecule has 0 bridgehead atoms. The van der Waals surface area contributed by atoms with Crippen LogP contribution >= 0.6 is 11.6 Å². The van der Waals surface area contributed by atoms with Gasteiger partial charge in [-0.15, -0.1) is 0 Å². The summed E-state index contributed by atoms with van der Waals surface area (Å²) in [6.07, 6.45) is 4.64. The first-order valence-corrected chi connectivity index (χ1v) is 11.9. The number of aromatic nitrogens is 2. The lowest BCUT2D eigenvalue weighted by atomic mass is 10.1. The average Bonchev–Trinajstić information content (AvgIpc) is 3.13. The van der Waals surface area contributed by atoms with Crippen LogP contribution in [-0.4, -0.2) is 36.2 Å². The van der Waals surface area contributed by atoms with E-state index in [0.717, 1.165) is 27.6 Å². The van der Waals surface area contributed by atoms with E-state index in [4.69, 9.17) is 11.6 Å². The lowest BCUT2D eigenvalue weighted by molar-refractivity contribution is -0.122. The second-order valence-corrected chi connectivity index (χ2v) is 9.65. The van der Waals surface area contributed by atoms with Crippen molar-refractivity contribution >= 4 is 33.2 Å². The van der Waals surface area contributed by atoms with Gasteiger partial charge in [-0.25, -0.2) is 13.4 Å². The van der Waals surface area contributed by atoms with Gasteiger partial charge in [0.1, 0.15) is 11.9 Å². The summed E-state index contributed by atoms with van der Waals surface area (Å²) < 4.78 is 28.2. The molecule has 2 aromatic carbocycles. The fraction of sp³-hybridized carbons (Fsp3) is 0.273. The highest BCUT2D eigenvalue weighted by molar-refractivity contribution is 7.92. The maximum atomic E-state index is 13.0. The number of rotatable bonds is 7. The van der Waals surface area contributed by atoms with Gasteiger partial charge in [0, 0.05) is 24.0 Å². The highest BCUT2D eigenvalue weighted by Gasteiger charge is 2.30. The van der Waals surface area contributed by atoms with Crippen LogP contribution in [0.25, 0.3) is 5.69 Å². The summed E-state index contributed by atoms with van der Waals surface area (Å²) >= 11 is 6.09. The quantitative estimate of drug-likeness (QED) is 0.583. The summed E-state index contributed by atoms with van der Waals surface area (Å²) in [6.45, 7) is 5.47. The van der Waals surface area contributed by atoms with E-state index in [1.807, 2.05) is 42.0 Å². The lowest BCUT2D eigenvalue weighted by Gasteiger charge is -2.29. The van der Waals surface area contributed by atoms with Gasteiger partial charge in [0.15, 0.2) is 0 Å². The van der Waals surface area contributed by atoms with Gasteiger partial charge in [-0.3, -0.25) is 9.10 Å². The Kier molecular flexibility index (Phi) is 6.71. The van der Waals surface area contributed by atoms with Gasteiger partial charge in [-0.1, -0.05) is 35.9 Å². The number of amides is 1. The predicted molar refractivity (Wildman–Crippen MR) is 123 cm³/mol. The Morgan fingerprint density at radius 3 is 2.58 bits per heavy atom. The number of nitrogens with zero attached hydrogens (tertiary/aromatic N) is 3. The van der Waals surface area contributed by atoms with E-state index < -0.39 is 22.0 Å². The number of benzene rings is 2. The van der Waals surface area contributed by atoms with Gasteiger partial charge >= 0.3 is 0 Å². The van der Waals surface area contributed by atoms with Gasteiger partial charge in [0.2, 0.25) is 15.9 Å². The number of aryl methyl sites for hydroxylation is 2. The van der Waals surface area contributed by atoms with Crippen LogP contribution in [-0.2, 0) is 21.4 Å². The molecule has 3 aromatic rings. The molecule has 0 aliphatic rings. The molecule has 3 rings (SSSR count). The second kappa shape index (κ2) is 9.11. The van der Waals surface area contributed by atoms with Crippen LogP contribution in [0.1, 0.15) is 23.9 Å². The third kappa shape index (κ3) is 5.08. The topological polar surface area (TPSA) is 84.3 Å². The largest absolute Gasteiger partial charge is 0.350 e. The molecule has 7 nitrogen and oxygen atoms in total. The minimum absolute atomic E-state index is 0.239. The van der Waals surface area contributed by atoms with Crippen molar-refractivity contribution in [3.63, 3.8) is 0 Å². The standard InChI is InChI=1S/C22H25ClN4O3S/c1-15-9-10-19(23)13-21(15)27(31(4,29)30)16(2)22(28)25-14-18-7-5-6-8-20(18)26-12-11-24-17(26)3/h5-13,16H,14H2,1-4H3,(H,25,28). The zero-order valence-corrected chi connectivity index (χ0v) is 19.4. The summed E-state index contributed by atoms with van der Waals surface area (Å²) in [6, 6.07) is 11.7. The summed E-state index contributed by atoms with van der Waals surface area (Å²) in [5.41, 5.74) is 2.87. The first-order valence-electron chi connectivity index (χ1n) is 9.71. The molecule has 0 saturated carbocycles. The monoisotopic (exact) mass is 460 g/mol. The van der Waals surface area contributed by atoms with E-state index in [0.29, 0.717) is 16.3 Å². The molecular weight excluding hydrogens is 436 g/mol. The summed E-state index contributed by atoms with van der Waals surface area (Å²) in [5, 5.41) is 3.26. The summed E-state index contributed by atoms with van der Waals surface area (Å²) in [4.78, 5) is 17.2. The maximum Gasteiger partial charge on any atom is 0.243 e. The van der Waals surface area contributed by atoms with Crippen molar-refractivity contribution in [2.24, 2.45) is 0 Å². The van der Waals surface area contributed by atoms with Crippen molar-refractivity contribution in [2.45, 2.75) is 33.4 Å². The minimum atomic E-state index is -3.73. The van der Waals surface area contributed by atoms with Crippen molar-refractivity contribution in [2.75, 3.05) is 10.6 Å². The Labute approximate surface area is 187 Å². The Morgan fingerprint density at radius 2 is 1.94 bits per heavy atom. The zero-order valence-electron chi connectivity index (χ0n) is 17.8. The molecule has 164 valence electrons. The van der Waals surface area contributed by atoms with E-state index in [-0.39, 0.29) is 6.54 Å². The predicted octanol–water partition coefficient (Wildman–Crippen LogP) is 3.61. The molecular formula is C22H25ClN4O3S. The van der Waals surface area contributed by atoms with Crippen molar-refractivity contribution < 1.29 is 13.2 Å². The van der Waals surface area contributed by atoms with Crippen LogP contribution < -0.4 is 9.62 Å². The fourth-order valence-corrected chi connectivity index (χ4v) is 4.85. The smallest absolute Gasteiger partial charge is 0.243 e. The number of sulfonamides is 1. The van der Waals surface area contributed by atoms with Crippen LogP contribution in [0.2, 0.25) is 5.02 Å². The zero-order chi connectivity index (χ0) is 22.8. The van der Waals surface area contributed by atoms with Gasteiger partial charge in [-0.2, -0.15) is 0 Å². The average molecular weight is 461 g/mol. The van der Waals surface area contributed by atoms with Crippen LogP contribution in [0, 0.1) is 13.8 Å². The molecule has 0 radical (unpaired) electrons. The van der Waals surface area contributed by atoms with Crippen molar-refractivity contribution in [3.05, 3.63) is 76.8 Å². The number of anilines is 1. The number of carbonyl (C=O) groups is 1. The Bertz CT molecular complexity index is 1210. The number of imidazole rings is 1. The molecule has 0 aliphatic carbocycles. The summed E-state index contributed by atoms with van der Waals surface area (Å²) in [5.74, 6) is 0.411. The van der Waals surface area contributed by atoms with Gasteiger partial charge < -0.3 is 9.88 Å². The molecule has 0 saturated heterocycles. The first kappa shape index (κ1) is 22.8. The highest BCUT2D eigenvalue weighted by Crippen LogP contribution is 2.28. The third-order valence-corrected chi connectivity index (χ3v) is 6.49. The number of carbonyl (C=O) groups excluding carboxylic acids is 1. The van der Waals surface area contributed by atoms with E-state index in [1.165, 1.54) is 0 Å². The minimum Gasteiger partial charge on any atom is -0.350 e. The van der Waals surface area contributed by atoms with Crippen molar-refractivity contribution in [1.82, 2.24) is 14.9 Å². The molecule has 0 spiro atoms. The third-order valence-electron chi connectivity index (χ3n) is 5.03. The van der Waals surface area contributed by atoms with Crippen LogP contribution in [0.3, 0.4) is 0 Å². The molecule has 31 heavy (non-hydrogen) atoms. The SMILES string of the molecule is Cc1ccc(Cl)cc1N(C(C)C(=O)NCc1ccccc1-n1ccnc1C)S(C)(=O)=O.